The number of primary amides is 1. The zero-order valence-corrected chi connectivity index (χ0v) is 13.0. The third-order valence-corrected chi connectivity index (χ3v) is 3.63. The predicted octanol–water partition coefficient (Wildman–Crippen LogP) is 3.36. The molecule has 0 aromatic heterocycles. The second kappa shape index (κ2) is 7.02. The van der Waals surface area contributed by atoms with Crippen LogP contribution in [0, 0.1) is 0 Å². The van der Waals surface area contributed by atoms with Crippen LogP contribution in [0.4, 0.5) is 4.79 Å². The van der Waals surface area contributed by atoms with Gasteiger partial charge in [0.15, 0.2) is 0 Å². The van der Waals surface area contributed by atoms with Gasteiger partial charge in [-0.05, 0) is 31.5 Å². The quantitative estimate of drug-likeness (QED) is 0.582. The fraction of sp³-hybridized carbons (Fsp3) is 0.235. The predicted molar refractivity (Wildman–Crippen MR) is 85.2 cm³/mol. The van der Waals surface area contributed by atoms with Crippen molar-refractivity contribution in [1.29, 1.82) is 0 Å². The number of carbonyl (C=O) groups is 1. The lowest BCUT2D eigenvalue weighted by Crippen LogP contribution is -2.34. The lowest BCUT2D eigenvalue weighted by molar-refractivity contribution is -0.0714. The van der Waals surface area contributed by atoms with Crippen LogP contribution in [-0.2, 0) is 0 Å². The molecule has 0 saturated carbocycles. The van der Waals surface area contributed by atoms with E-state index in [1.165, 1.54) is 6.07 Å². The Hall–Kier alpha value is -2.73. The summed E-state index contributed by atoms with van der Waals surface area (Å²) in [5.41, 5.74) is 6.40. The number of hydrogen-bond acceptors (Lipinski definition) is 4. The molecule has 4 N–H and O–H groups in total. The first kappa shape index (κ1) is 16.6. The first-order valence-electron chi connectivity index (χ1n) is 7.22. The maximum Gasteiger partial charge on any atom is 0.339 e. The summed E-state index contributed by atoms with van der Waals surface area (Å²) in [6, 6.07) is 12.6. The molecular formula is C17H20N2O4. The van der Waals surface area contributed by atoms with E-state index in [2.05, 4.69) is 0 Å². The van der Waals surface area contributed by atoms with Gasteiger partial charge in [0, 0.05) is 11.6 Å². The summed E-state index contributed by atoms with van der Waals surface area (Å²) in [5, 5.41) is 20.0. The SMILES string of the molecule is CC(Oc1ccc(C(C)N(O)C(N)=O)c(O)c1)c1ccccc1. The van der Waals surface area contributed by atoms with Gasteiger partial charge in [-0.25, -0.2) is 4.79 Å². The second-order valence-corrected chi connectivity index (χ2v) is 5.25. The molecule has 2 amide bonds. The number of amides is 2. The molecule has 2 aromatic rings. The number of ether oxygens (including phenoxy) is 1. The van der Waals surface area contributed by atoms with E-state index in [4.69, 9.17) is 10.5 Å². The van der Waals surface area contributed by atoms with Crippen LogP contribution in [0.2, 0.25) is 0 Å². The number of nitrogens with two attached hydrogens (primary N) is 1. The molecule has 6 nitrogen and oxygen atoms in total. The molecule has 0 fully saturated rings. The summed E-state index contributed by atoms with van der Waals surface area (Å²) in [6.07, 6.45) is -0.182. The molecule has 2 aromatic carbocycles. The fourth-order valence-electron chi connectivity index (χ4n) is 2.27. The van der Waals surface area contributed by atoms with Gasteiger partial charge in [-0.2, -0.15) is 5.06 Å². The summed E-state index contributed by atoms with van der Waals surface area (Å²) in [4.78, 5) is 11.0. The summed E-state index contributed by atoms with van der Waals surface area (Å²) >= 11 is 0. The highest BCUT2D eigenvalue weighted by atomic mass is 16.5. The minimum Gasteiger partial charge on any atom is -0.507 e. The number of rotatable bonds is 5. The molecule has 2 rings (SSSR count). The van der Waals surface area contributed by atoms with Crippen LogP contribution in [0.3, 0.4) is 0 Å². The maximum atomic E-state index is 11.0. The van der Waals surface area contributed by atoms with Gasteiger partial charge in [0.1, 0.15) is 17.6 Å². The Bertz CT molecular complexity index is 676. The van der Waals surface area contributed by atoms with E-state index in [-0.39, 0.29) is 11.9 Å². The molecule has 23 heavy (non-hydrogen) atoms. The molecule has 0 aliphatic rings. The first-order chi connectivity index (χ1) is 10.9. The largest absolute Gasteiger partial charge is 0.507 e. The highest BCUT2D eigenvalue weighted by Gasteiger charge is 2.20. The van der Waals surface area contributed by atoms with Crippen molar-refractivity contribution in [1.82, 2.24) is 5.06 Å². The van der Waals surface area contributed by atoms with Gasteiger partial charge < -0.3 is 15.6 Å². The number of benzene rings is 2. The molecule has 2 atom stereocenters. The van der Waals surface area contributed by atoms with Crippen LogP contribution < -0.4 is 10.5 Å². The fourth-order valence-corrected chi connectivity index (χ4v) is 2.27. The molecule has 0 aliphatic carbocycles. The van der Waals surface area contributed by atoms with Gasteiger partial charge in [0.25, 0.3) is 0 Å². The number of phenols is 1. The number of hydrogen-bond donors (Lipinski definition) is 3. The maximum absolute atomic E-state index is 11.0. The molecule has 0 aliphatic heterocycles. The molecule has 2 unspecified atom stereocenters. The number of hydroxylamine groups is 2. The van der Waals surface area contributed by atoms with E-state index in [9.17, 15) is 15.1 Å². The molecule has 0 bridgehead atoms. The van der Waals surface area contributed by atoms with Crippen molar-refractivity contribution >= 4 is 6.03 Å². The number of nitrogens with zero attached hydrogens (tertiary/aromatic N) is 1. The van der Waals surface area contributed by atoms with Gasteiger partial charge in [-0.3, -0.25) is 5.21 Å². The monoisotopic (exact) mass is 316 g/mol. The highest BCUT2D eigenvalue weighted by Crippen LogP contribution is 2.32. The third-order valence-electron chi connectivity index (χ3n) is 3.63. The van der Waals surface area contributed by atoms with Gasteiger partial charge in [0.05, 0.1) is 6.04 Å². The Morgan fingerprint density at radius 3 is 2.39 bits per heavy atom. The van der Waals surface area contributed by atoms with Gasteiger partial charge in [0.2, 0.25) is 0 Å². The molecular weight excluding hydrogens is 296 g/mol. The number of aromatic hydroxyl groups is 1. The van der Waals surface area contributed by atoms with Gasteiger partial charge >= 0.3 is 6.03 Å². The zero-order valence-electron chi connectivity index (χ0n) is 13.0. The van der Waals surface area contributed by atoms with Crippen molar-refractivity contribution in [3.63, 3.8) is 0 Å². The lowest BCUT2D eigenvalue weighted by Gasteiger charge is -2.22. The molecule has 0 radical (unpaired) electrons. The standard InChI is InChI=1S/C17H20N2O4/c1-11(19(22)17(18)21)15-9-8-14(10-16(15)20)23-12(2)13-6-4-3-5-7-13/h3-12,20,22H,1-2H3,(H2,18,21). The average Bonchev–Trinajstić information content (AvgIpc) is 2.54. The van der Waals surface area contributed by atoms with E-state index in [1.807, 2.05) is 37.3 Å². The zero-order chi connectivity index (χ0) is 17.0. The number of carbonyl (C=O) groups excluding carboxylic acids is 1. The Labute approximate surface area is 134 Å². The Balaban J connectivity index is 2.15. The van der Waals surface area contributed by atoms with Crippen molar-refractivity contribution in [2.45, 2.75) is 26.0 Å². The summed E-state index contributed by atoms with van der Waals surface area (Å²) < 4.78 is 5.80. The second-order valence-electron chi connectivity index (χ2n) is 5.25. The van der Waals surface area contributed by atoms with E-state index in [0.717, 1.165) is 5.56 Å². The van der Waals surface area contributed by atoms with E-state index >= 15 is 0 Å². The topological polar surface area (TPSA) is 96.0 Å². The number of urea groups is 1. The van der Waals surface area contributed by atoms with Crippen LogP contribution in [0.1, 0.15) is 37.1 Å². The lowest BCUT2D eigenvalue weighted by atomic mass is 10.1. The summed E-state index contributed by atoms with van der Waals surface area (Å²) in [6.45, 7) is 3.46. The van der Waals surface area contributed by atoms with Crippen molar-refractivity contribution in [3.05, 3.63) is 59.7 Å². The Kier molecular flexibility index (Phi) is 5.08. The molecule has 0 spiro atoms. The smallest absolute Gasteiger partial charge is 0.339 e. The Morgan fingerprint density at radius 2 is 1.83 bits per heavy atom. The molecule has 6 heteroatoms. The third kappa shape index (κ3) is 3.92. The normalized spacial score (nSPS) is 13.2. The Morgan fingerprint density at radius 1 is 1.17 bits per heavy atom. The van der Waals surface area contributed by atoms with Gasteiger partial charge in [-0.15, -0.1) is 0 Å². The van der Waals surface area contributed by atoms with Crippen LogP contribution in [0.25, 0.3) is 0 Å². The van der Waals surface area contributed by atoms with Crippen molar-refractivity contribution < 1.29 is 19.8 Å². The van der Waals surface area contributed by atoms with Crippen LogP contribution in [-0.4, -0.2) is 21.4 Å². The summed E-state index contributed by atoms with van der Waals surface area (Å²) in [7, 11) is 0. The minimum absolute atomic E-state index is 0.0874. The van der Waals surface area contributed by atoms with E-state index in [1.54, 1.807) is 19.1 Å². The first-order valence-corrected chi connectivity index (χ1v) is 7.22. The van der Waals surface area contributed by atoms with Crippen LogP contribution in [0.15, 0.2) is 48.5 Å². The molecule has 0 heterocycles. The molecule has 122 valence electrons. The minimum atomic E-state index is -0.991. The van der Waals surface area contributed by atoms with Crippen molar-refractivity contribution in [2.75, 3.05) is 0 Å². The van der Waals surface area contributed by atoms with E-state index < -0.39 is 12.1 Å². The summed E-state index contributed by atoms with van der Waals surface area (Å²) in [5.74, 6) is 0.397. The van der Waals surface area contributed by atoms with E-state index in [0.29, 0.717) is 16.4 Å². The number of phenolic OH excluding ortho intramolecular Hbond substituents is 1. The molecule has 0 saturated heterocycles. The van der Waals surface area contributed by atoms with Crippen molar-refractivity contribution in [3.8, 4) is 11.5 Å². The van der Waals surface area contributed by atoms with Crippen LogP contribution >= 0.6 is 0 Å². The highest BCUT2D eigenvalue weighted by molar-refractivity contribution is 5.71. The average molecular weight is 316 g/mol. The van der Waals surface area contributed by atoms with Crippen molar-refractivity contribution in [2.24, 2.45) is 5.73 Å². The van der Waals surface area contributed by atoms with Crippen LogP contribution in [0.5, 0.6) is 11.5 Å². The van der Waals surface area contributed by atoms with Gasteiger partial charge in [-0.1, -0.05) is 30.3 Å².